The molecule has 1 atom stereocenters. The van der Waals surface area contributed by atoms with Crippen LogP contribution in [-0.2, 0) is 0 Å². The molecule has 0 saturated carbocycles. The highest BCUT2D eigenvalue weighted by atomic mass is 19.4. The van der Waals surface area contributed by atoms with Gasteiger partial charge in [0, 0.05) is 17.8 Å². The Labute approximate surface area is 103 Å². The molecule has 1 unspecified atom stereocenters. The van der Waals surface area contributed by atoms with Crippen molar-refractivity contribution in [2.45, 2.75) is 19.1 Å². The van der Waals surface area contributed by atoms with Crippen molar-refractivity contribution in [3.63, 3.8) is 0 Å². The van der Waals surface area contributed by atoms with Crippen molar-refractivity contribution in [3.05, 3.63) is 42.2 Å². The summed E-state index contributed by atoms with van der Waals surface area (Å²) in [6.07, 6.45) is -1.27. The second-order valence-electron chi connectivity index (χ2n) is 3.98. The number of aromatic nitrogens is 1. The fourth-order valence-corrected chi connectivity index (χ4v) is 1.99. The maximum atomic E-state index is 13.0. The van der Waals surface area contributed by atoms with Gasteiger partial charge in [-0.3, -0.25) is 4.98 Å². The molecular weight excluding hydrogens is 241 g/mol. The number of fused-ring (bicyclic) bond motifs is 1. The third-order valence-electron chi connectivity index (χ3n) is 2.76. The van der Waals surface area contributed by atoms with Gasteiger partial charge >= 0.3 is 6.18 Å². The summed E-state index contributed by atoms with van der Waals surface area (Å²) in [6, 6.07) is 4.95. The van der Waals surface area contributed by atoms with Gasteiger partial charge in [-0.15, -0.1) is 0 Å². The summed E-state index contributed by atoms with van der Waals surface area (Å²) in [5.74, 6) is 0. The number of hydrogen-bond acceptors (Lipinski definition) is 2. The van der Waals surface area contributed by atoms with Gasteiger partial charge < -0.3 is 5.32 Å². The third kappa shape index (κ3) is 2.46. The van der Waals surface area contributed by atoms with Crippen LogP contribution in [0, 0.1) is 0 Å². The van der Waals surface area contributed by atoms with E-state index in [9.17, 15) is 13.2 Å². The number of halogens is 3. The Balaban J connectivity index is 2.57. The Hall–Kier alpha value is -1.62. The van der Waals surface area contributed by atoms with Crippen molar-refractivity contribution < 1.29 is 13.2 Å². The number of rotatable bonds is 3. The first-order chi connectivity index (χ1) is 8.54. The first-order valence-electron chi connectivity index (χ1n) is 5.66. The Morgan fingerprint density at radius 3 is 2.72 bits per heavy atom. The summed E-state index contributed by atoms with van der Waals surface area (Å²) in [6.45, 7) is 1.91. The lowest BCUT2D eigenvalue weighted by Crippen LogP contribution is -2.34. The zero-order valence-corrected chi connectivity index (χ0v) is 9.83. The first kappa shape index (κ1) is 12.8. The number of nitrogens with zero attached hydrogens (tertiary/aromatic N) is 1. The van der Waals surface area contributed by atoms with E-state index in [0.717, 1.165) is 5.39 Å². The van der Waals surface area contributed by atoms with E-state index in [0.29, 0.717) is 5.39 Å². The molecule has 0 aliphatic carbocycles. The second kappa shape index (κ2) is 4.94. The topological polar surface area (TPSA) is 24.9 Å². The Kier molecular flexibility index (Phi) is 3.52. The molecule has 0 bridgehead atoms. The van der Waals surface area contributed by atoms with Crippen molar-refractivity contribution in [2.24, 2.45) is 0 Å². The molecule has 0 fully saturated rings. The maximum Gasteiger partial charge on any atom is 0.407 e. The molecule has 96 valence electrons. The van der Waals surface area contributed by atoms with Crippen LogP contribution in [0.3, 0.4) is 0 Å². The molecular formula is C13H13F3N2. The highest BCUT2D eigenvalue weighted by molar-refractivity contribution is 5.85. The standard InChI is InChI=1S/C13H13F3N2/c1-2-18-12(13(14,15)16)10-5-3-4-9-6-7-17-8-11(9)10/h3-8,12,18H,2H2,1H3. The molecule has 0 aliphatic rings. The second-order valence-corrected chi connectivity index (χ2v) is 3.98. The van der Waals surface area contributed by atoms with Crippen molar-refractivity contribution in [1.82, 2.24) is 10.3 Å². The lowest BCUT2D eigenvalue weighted by atomic mass is 10.00. The molecule has 1 heterocycles. The minimum Gasteiger partial charge on any atom is -0.303 e. The summed E-state index contributed by atoms with van der Waals surface area (Å²) in [5.41, 5.74) is 0.218. The van der Waals surface area contributed by atoms with E-state index in [4.69, 9.17) is 0 Å². The van der Waals surface area contributed by atoms with Gasteiger partial charge in [0.1, 0.15) is 6.04 Å². The van der Waals surface area contributed by atoms with Gasteiger partial charge in [0.25, 0.3) is 0 Å². The normalized spacial score (nSPS) is 13.8. The van der Waals surface area contributed by atoms with Gasteiger partial charge in [0.05, 0.1) is 0 Å². The number of hydrogen-bond donors (Lipinski definition) is 1. The quantitative estimate of drug-likeness (QED) is 0.907. The molecule has 1 aromatic heterocycles. The zero-order valence-electron chi connectivity index (χ0n) is 9.83. The summed E-state index contributed by atoms with van der Waals surface area (Å²) in [7, 11) is 0. The molecule has 2 aromatic rings. The van der Waals surface area contributed by atoms with Crippen LogP contribution in [0.4, 0.5) is 13.2 Å². The van der Waals surface area contributed by atoms with Gasteiger partial charge in [-0.2, -0.15) is 13.2 Å². The largest absolute Gasteiger partial charge is 0.407 e. The van der Waals surface area contributed by atoms with E-state index >= 15 is 0 Å². The lowest BCUT2D eigenvalue weighted by molar-refractivity contribution is -0.157. The van der Waals surface area contributed by atoms with Gasteiger partial charge in [-0.1, -0.05) is 25.1 Å². The molecule has 1 aromatic carbocycles. The van der Waals surface area contributed by atoms with E-state index in [-0.39, 0.29) is 12.1 Å². The van der Waals surface area contributed by atoms with Crippen LogP contribution in [-0.4, -0.2) is 17.7 Å². The van der Waals surface area contributed by atoms with Crippen molar-refractivity contribution in [2.75, 3.05) is 6.54 Å². The number of pyridine rings is 1. The van der Waals surface area contributed by atoms with Crippen molar-refractivity contribution >= 4 is 10.8 Å². The predicted octanol–water partition coefficient (Wildman–Crippen LogP) is 3.45. The Morgan fingerprint density at radius 1 is 1.28 bits per heavy atom. The van der Waals surface area contributed by atoms with Crippen molar-refractivity contribution in [1.29, 1.82) is 0 Å². The fraction of sp³-hybridized carbons (Fsp3) is 0.308. The smallest absolute Gasteiger partial charge is 0.303 e. The minimum absolute atomic E-state index is 0.218. The van der Waals surface area contributed by atoms with Gasteiger partial charge in [0.15, 0.2) is 0 Å². The molecule has 0 saturated heterocycles. The number of benzene rings is 1. The monoisotopic (exact) mass is 254 g/mol. The average Bonchev–Trinajstić information content (AvgIpc) is 2.34. The fourth-order valence-electron chi connectivity index (χ4n) is 1.99. The maximum absolute atomic E-state index is 13.0. The third-order valence-corrected chi connectivity index (χ3v) is 2.76. The summed E-state index contributed by atoms with van der Waals surface area (Å²) in [4.78, 5) is 3.90. The van der Waals surface area contributed by atoms with Gasteiger partial charge in [-0.25, -0.2) is 0 Å². The van der Waals surface area contributed by atoms with Crippen LogP contribution in [0.2, 0.25) is 0 Å². The van der Waals surface area contributed by atoms with Crippen molar-refractivity contribution in [3.8, 4) is 0 Å². The van der Waals surface area contributed by atoms with E-state index < -0.39 is 12.2 Å². The minimum atomic E-state index is -4.32. The predicted molar refractivity (Wildman–Crippen MR) is 64.2 cm³/mol. The summed E-state index contributed by atoms with van der Waals surface area (Å²) >= 11 is 0. The molecule has 5 heteroatoms. The SMILES string of the molecule is CCNC(c1cccc2ccncc12)C(F)(F)F. The molecule has 1 N–H and O–H groups in total. The Bertz CT molecular complexity index is 532. The summed E-state index contributed by atoms with van der Waals surface area (Å²) in [5, 5.41) is 3.77. The van der Waals surface area contributed by atoms with Crippen LogP contribution < -0.4 is 5.32 Å². The van der Waals surface area contributed by atoms with E-state index in [2.05, 4.69) is 10.3 Å². The Morgan fingerprint density at radius 2 is 2.06 bits per heavy atom. The van der Waals surface area contributed by atoms with E-state index in [1.807, 2.05) is 0 Å². The molecule has 0 radical (unpaired) electrons. The van der Waals surface area contributed by atoms with Crippen LogP contribution in [0.1, 0.15) is 18.5 Å². The summed E-state index contributed by atoms with van der Waals surface area (Å²) < 4.78 is 39.1. The molecule has 18 heavy (non-hydrogen) atoms. The highest BCUT2D eigenvalue weighted by Gasteiger charge is 2.40. The lowest BCUT2D eigenvalue weighted by Gasteiger charge is -2.22. The highest BCUT2D eigenvalue weighted by Crippen LogP contribution is 2.35. The van der Waals surface area contributed by atoms with Gasteiger partial charge in [0.2, 0.25) is 0 Å². The van der Waals surface area contributed by atoms with Gasteiger partial charge in [-0.05, 0) is 23.6 Å². The number of nitrogens with one attached hydrogen (secondary N) is 1. The number of alkyl halides is 3. The molecule has 2 nitrogen and oxygen atoms in total. The van der Waals surface area contributed by atoms with Crippen LogP contribution >= 0.6 is 0 Å². The van der Waals surface area contributed by atoms with Crippen LogP contribution in [0.25, 0.3) is 10.8 Å². The average molecular weight is 254 g/mol. The molecule has 0 amide bonds. The van der Waals surface area contributed by atoms with Crippen LogP contribution in [0.15, 0.2) is 36.7 Å². The molecule has 2 rings (SSSR count). The van der Waals surface area contributed by atoms with E-state index in [1.54, 1.807) is 31.3 Å². The first-order valence-corrected chi connectivity index (χ1v) is 5.66. The van der Waals surface area contributed by atoms with E-state index in [1.165, 1.54) is 12.3 Å². The van der Waals surface area contributed by atoms with Crippen LogP contribution in [0.5, 0.6) is 0 Å². The molecule has 0 aliphatic heterocycles. The molecule has 0 spiro atoms. The zero-order chi connectivity index (χ0) is 13.2.